The number of ketones is 1. The molecule has 0 aliphatic rings. The second-order valence-electron chi connectivity index (χ2n) is 6.07. The standard InChI is InChI=1S/C22H20N2O3/c1-27-18-10-7-15(8-11-18)13-21(25)24-20-12-9-17(23)14-19(20)22(26)16-5-3-2-4-6-16/h2-12,14H,13,23H2,1H3,(H,24,25). The number of amides is 1. The van der Waals surface area contributed by atoms with E-state index < -0.39 is 0 Å². The Bertz CT molecular complexity index is 951. The average molecular weight is 360 g/mol. The fraction of sp³-hybridized carbons (Fsp3) is 0.0909. The molecule has 0 aliphatic heterocycles. The van der Waals surface area contributed by atoms with Gasteiger partial charge < -0.3 is 15.8 Å². The van der Waals surface area contributed by atoms with Crippen LogP contribution in [0.4, 0.5) is 11.4 Å². The van der Waals surface area contributed by atoms with Gasteiger partial charge in [-0.05, 0) is 35.9 Å². The quantitative estimate of drug-likeness (QED) is 0.519. The van der Waals surface area contributed by atoms with Gasteiger partial charge in [0.25, 0.3) is 0 Å². The molecule has 3 aromatic carbocycles. The number of ether oxygens (including phenoxy) is 1. The molecular formula is C22H20N2O3. The predicted molar refractivity (Wildman–Crippen MR) is 106 cm³/mol. The van der Waals surface area contributed by atoms with Gasteiger partial charge in [0.1, 0.15) is 5.75 Å². The van der Waals surface area contributed by atoms with Crippen molar-refractivity contribution in [3.05, 3.63) is 89.5 Å². The molecule has 136 valence electrons. The van der Waals surface area contributed by atoms with E-state index in [1.165, 1.54) is 0 Å². The Labute approximate surface area is 157 Å². The summed E-state index contributed by atoms with van der Waals surface area (Å²) in [5, 5.41) is 2.82. The highest BCUT2D eigenvalue weighted by Crippen LogP contribution is 2.23. The third kappa shape index (κ3) is 4.52. The second kappa shape index (κ2) is 8.19. The van der Waals surface area contributed by atoms with Crippen molar-refractivity contribution in [3.63, 3.8) is 0 Å². The summed E-state index contributed by atoms with van der Waals surface area (Å²) in [7, 11) is 1.59. The van der Waals surface area contributed by atoms with Gasteiger partial charge in [-0.15, -0.1) is 0 Å². The summed E-state index contributed by atoms with van der Waals surface area (Å²) in [5.74, 6) is 0.322. The average Bonchev–Trinajstić information content (AvgIpc) is 2.70. The van der Waals surface area contributed by atoms with Crippen LogP contribution in [0.25, 0.3) is 0 Å². The van der Waals surface area contributed by atoms with Gasteiger partial charge in [0, 0.05) is 16.8 Å². The van der Waals surface area contributed by atoms with E-state index in [0.29, 0.717) is 22.5 Å². The maximum atomic E-state index is 12.8. The van der Waals surface area contributed by atoms with Crippen molar-refractivity contribution in [3.8, 4) is 5.75 Å². The maximum absolute atomic E-state index is 12.8. The maximum Gasteiger partial charge on any atom is 0.228 e. The second-order valence-corrected chi connectivity index (χ2v) is 6.07. The fourth-order valence-electron chi connectivity index (χ4n) is 2.73. The van der Waals surface area contributed by atoms with Crippen LogP contribution in [0.1, 0.15) is 21.5 Å². The predicted octanol–water partition coefficient (Wildman–Crippen LogP) is 3.69. The first-order valence-electron chi connectivity index (χ1n) is 8.49. The number of anilines is 2. The Morgan fingerprint density at radius 1 is 0.963 bits per heavy atom. The van der Waals surface area contributed by atoms with Crippen molar-refractivity contribution in [1.82, 2.24) is 0 Å². The Balaban J connectivity index is 1.80. The van der Waals surface area contributed by atoms with Crippen molar-refractivity contribution in [2.75, 3.05) is 18.2 Å². The number of methoxy groups -OCH3 is 1. The van der Waals surface area contributed by atoms with E-state index >= 15 is 0 Å². The minimum absolute atomic E-state index is 0.188. The fourth-order valence-corrected chi connectivity index (χ4v) is 2.73. The molecular weight excluding hydrogens is 340 g/mol. The van der Waals surface area contributed by atoms with E-state index in [-0.39, 0.29) is 18.1 Å². The van der Waals surface area contributed by atoms with E-state index in [0.717, 1.165) is 11.3 Å². The zero-order valence-corrected chi connectivity index (χ0v) is 14.9. The highest BCUT2D eigenvalue weighted by molar-refractivity contribution is 6.14. The molecule has 0 saturated heterocycles. The molecule has 3 N–H and O–H groups in total. The lowest BCUT2D eigenvalue weighted by Crippen LogP contribution is -2.17. The molecule has 0 radical (unpaired) electrons. The zero-order chi connectivity index (χ0) is 19.2. The minimum atomic E-state index is -0.216. The summed E-state index contributed by atoms with van der Waals surface area (Å²) < 4.78 is 5.12. The molecule has 0 heterocycles. The summed E-state index contributed by atoms with van der Waals surface area (Å²) in [6.07, 6.45) is 0.188. The van der Waals surface area contributed by atoms with Crippen LogP contribution >= 0.6 is 0 Å². The van der Waals surface area contributed by atoms with Gasteiger partial charge in [0.2, 0.25) is 5.91 Å². The van der Waals surface area contributed by atoms with Crippen LogP contribution in [-0.4, -0.2) is 18.8 Å². The number of nitrogen functional groups attached to an aromatic ring is 1. The van der Waals surface area contributed by atoms with Gasteiger partial charge in [-0.25, -0.2) is 0 Å². The van der Waals surface area contributed by atoms with Crippen molar-refractivity contribution in [2.45, 2.75) is 6.42 Å². The molecule has 0 aliphatic carbocycles. The first-order valence-corrected chi connectivity index (χ1v) is 8.49. The van der Waals surface area contributed by atoms with Gasteiger partial charge in [-0.1, -0.05) is 42.5 Å². The van der Waals surface area contributed by atoms with Crippen molar-refractivity contribution >= 4 is 23.1 Å². The van der Waals surface area contributed by atoms with Crippen LogP contribution in [0.3, 0.4) is 0 Å². The van der Waals surface area contributed by atoms with E-state index in [9.17, 15) is 9.59 Å². The molecule has 0 unspecified atom stereocenters. The Hall–Kier alpha value is -3.60. The van der Waals surface area contributed by atoms with Crippen molar-refractivity contribution in [2.24, 2.45) is 0 Å². The monoisotopic (exact) mass is 360 g/mol. The largest absolute Gasteiger partial charge is 0.497 e. The zero-order valence-electron chi connectivity index (χ0n) is 14.9. The van der Waals surface area contributed by atoms with Gasteiger partial charge in [0.05, 0.1) is 19.2 Å². The van der Waals surface area contributed by atoms with Crippen molar-refractivity contribution < 1.29 is 14.3 Å². The molecule has 0 atom stereocenters. The normalized spacial score (nSPS) is 10.3. The molecule has 0 saturated carbocycles. The molecule has 5 heteroatoms. The number of rotatable bonds is 6. The molecule has 0 aromatic heterocycles. The summed E-state index contributed by atoms with van der Waals surface area (Å²) in [6, 6.07) is 21.0. The highest BCUT2D eigenvalue weighted by atomic mass is 16.5. The Morgan fingerprint density at radius 2 is 1.67 bits per heavy atom. The van der Waals surface area contributed by atoms with E-state index in [2.05, 4.69) is 5.32 Å². The molecule has 1 amide bonds. The molecule has 0 bridgehead atoms. The Kier molecular flexibility index (Phi) is 5.52. The van der Waals surface area contributed by atoms with Crippen LogP contribution < -0.4 is 15.8 Å². The Morgan fingerprint density at radius 3 is 2.33 bits per heavy atom. The summed E-state index contributed by atoms with van der Waals surface area (Å²) in [4.78, 5) is 25.3. The minimum Gasteiger partial charge on any atom is -0.497 e. The SMILES string of the molecule is COc1ccc(CC(=O)Nc2ccc(N)cc2C(=O)c2ccccc2)cc1. The topological polar surface area (TPSA) is 81.4 Å². The summed E-state index contributed by atoms with van der Waals surface area (Å²) in [5.41, 5.74) is 8.50. The lowest BCUT2D eigenvalue weighted by molar-refractivity contribution is -0.115. The van der Waals surface area contributed by atoms with Crippen LogP contribution in [0.2, 0.25) is 0 Å². The van der Waals surface area contributed by atoms with E-state index in [1.54, 1.807) is 61.7 Å². The molecule has 3 rings (SSSR count). The smallest absolute Gasteiger partial charge is 0.228 e. The summed E-state index contributed by atoms with van der Waals surface area (Å²) in [6.45, 7) is 0. The lowest BCUT2D eigenvalue weighted by Gasteiger charge is -2.12. The number of nitrogens with one attached hydrogen (secondary N) is 1. The lowest BCUT2D eigenvalue weighted by atomic mass is 10.0. The number of nitrogens with two attached hydrogens (primary N) is 1. The highest BCUT2D eigenvalue weighted by Gasteiger charge is 2.16. The first kappa shape index (κ1) is 18.2. The van der Waals surface area contributed by atoms with Gasteiger partial charge in [0.15, 0.2) is 5.78 Å². The van der Waals surface area contributed by atoms with Gasteiger partial charge in [-0.3, -0.25) is 9.59 Å². The summed E-state index contributed by atoms with van der Waals surface area (Å²) >= 11 is 0. The van der Waals surface area contributed by atoms with Crippen molar-refractivity contribution in [1.29, 1.82) is 0 Å². The third-order valence-electron chi connectivity index (χ3n) is 4.12. The number of carbonyl (C=O) groups is 2. The molecule has 0 fully saturated rings. The molecule has 0 spiro atoms. The third-order valence-corrected chi connectivity index (χ3v) is 4.12. The van der Waals surface area contributed by atoms with Gasteiger partial charge in [-0.2, -0.15) is 0 Å². The van der Waals surface area contributed by atoms with Gasteiger partial charge >= 0.3 is 0 Å². The molecule has 27 heavy (non-hydrogen) atoms. The number of hydrogen-bond donors (Lipinski definition) is 2. The van der Waals surface area contributed by atoms with E-state index in [1.807, 2.05) is 18.2 Å². The van der Waals surface area contributed by atoms with Crippen LogP contribution in [0, 0.1) is 0 Å². The number of carbonyl (C=O) groups excluding carboxylic acids is 2. The van der Waals surface area contributed by atoms with Crippen LogP contribution in [0.5, 0.6) is 5.75 Å². The molecule has 5 nitrogen and oxygen atoms in total. The van der Waals surface area contributed by atoms with Crippen LogP contribution in [-0.2, 0) is 11.2 Å². The first-order chi connectivity index (χ1) is 13.1. The number of hydrogen-bond acceptors (Lipinski definition) is 4. The van der Waals surface area contributed by atoms with Crippen LogP contribution in [0.15, 0.2) is 72.8 Å². The molecule has 3 aromatic rings. The number of benzene rings is 3. The van der Waals surface area contributed by atoms with E-state index in [4.69, 9.17) is 10.5 Å².